The van der Waals surface area contributed by atoms with Crippen molar-refractivity contribution in [3.05, 3.63) is 64.2 Å². The molecule has 1 N–H and O–H groups in total. The Kier molecular flexibility index (Phi) is 10.3. The van der Waals surface area contributed by atoms with E-state index in [4.69, 9.17) is 14.2 Å². The summed E-state index contributed by atoms with van der Waals surface area (Å²) < 4.78 is 17.3. The second-order valence-corrected chi connectivity index (χ2v) is 8.94. The standard InChI is InChI=1S/C27H30N4O4S/c1-4-6-7-25-30-31-27(36-25)29-26(32)21(18-28)16-20-10-13-23(24(17-20)33-5-2)35-15-14-34-22-11-8-19(3)9-12-22/h8-13,16-17H,4-7,14-15H2,1-3H3,(H,29,31,32)/b21-16-. The fraction of sp³-hybridized carbons (Fsp3) is 0.333. The Morgan fingerprint density at radius 1 is 1.06 bits per heavy atom. The number of benzene rings is 2. The number of carbonyl (C=O) groups is 1. The quantitative estimate of drug-likeness (QED) is 0.183. The summed E-state index contributed by atoms with van der Waals surface area (Å²) in [6.45, 7) is 7.14. The van der Waals surface area contributed by atoms with E-state index in [0.717, 1.165) is 30.0 Å². The third-order valence-electron chi connectivity index (χ3n) is 5.01. The smallest absolute Gasteiger partial charge is 0.268 e. The van der Waals surface area contributed by atoms with Gasteiger partial charge in [0.15, 0.2) is 11.5 Å². The van der Waals surface area contributed by atoms with Gasteiger partial charge in [-0.05, 0) is 56.2 Å². The van der Waals surface area contributed by atoms with Crippen molar-refractivity contribution in [2.45, 2.75) is 40.0 Å². The van der Waals surface area contributed by atoms with Crippen LogP contribution in [0.2, 0.25) is 0 Å². The highest BCUT2D eigenvalue weighted by molar-refractivity contribution is 7.15. The first-order valence-electron chi connectivity index (χ1n) is 11.9. The van der Waals surface area contributed by atoms with E-state index in [0.29, 0.717) is 42.0 Å². The SMILES string of the molecule is CCCCc1nnc(NC(=O)/C(C#N)=C\c2ccc(OCCOc3ccc(C)cc3)c(OCC)c2)s1. The molecule has 0 radical (unpaired) electrons. The van der Waals surface area contributed by atoms with Gasteiger partial charge in [-0.25, -0.2) is 0 Å². The molecule has 3 rings (SSSR count). The van der Waals surface area contributed by atoms with E-state index in [2.05, 4.69) is 22.4 Å². The molecule has 0 unspecified atom stereocenters. The number of nitrogens with zero attached hydrogens (tertiary/aromatic N) is 3. The molecule has 36 heavy (non-hydrogen) atoms. The Hall–Kier alpha value is -3.90. The number of hydrogen-bond donors (Lipinski definition) is 1. The van der Waals surface area contributed by atoms with Crippen molar-refractivity contribution in [1.82, 2.24) is 10.2 Å². The Morgan fingerprint density at radius 3 is 2.56 bits per heavy atom. The van der Waals surface area contributed by atoms with E-state index in [-0.39, 0.29) is 5.57 Å². The number of unbranched alkanes of at least 4 members (excludes halogenated alkanes) is 1. The van der Waals surface area contributed by atoms with Crippen LogP contribution in [0, 0.1) is 18.3 Å². The molecule has 1 heterocycles. The van der Waals surface area contributed by atoms with E-state index in [1.807, 2.05) is 44.2 Å². The number of nitrogens with one attached hydrogen (secondary N) is 1. The highest BCUT2D eigenvalue weighted by Crippen LogP contribution is 2.29. The van der Waals surface area contributed by atoms with Gasteiger partial charge in [0.05, 0.1) is 6.61 Å². The van der Waals surface area contributed by atoms with Gasteiger partial charge in [0.2, 0.25) is 5.13 Å². The lowest BCUT2D eigenvalue weighted by molar-refractivity contribution is -0.112. The molecule has 2 aromatic carbocycles. The summed E-state index contributed by atoms with van der Waals surface area (Å²) in [5.74, 6) is 1.31. The Balaban J connectivity index is 1.63. The van der Waals surface area contributed by atoms with Crippen molar-refractivity contribution >= 4 is 28.5 Å². The summed E-state index contributed by atoms with van der Waals surface area (Å²) in [7, 11) is 0. The predicted molar refractivity (Wildman–Crippen MR) is 141 cm³/mol. The van der Waals surface area contributed by atoms with Crippen LogP contribution in [0.4, 0.5) is 5.13 Å². The number of nitriles is 1. The summed E-state index contributed by atoms with van der Waals surface area (Å²) in [5.41, 5.74) is 1.75. The van der Waals surface area contributed by atoms with Crippen LogP contribution in [0.15, 0.2) is 48.0 Å². The molecule has 188 valence electrons. The van der Waals surface area contributed by atoms with Crippen molar-refractivity contribution in [2.75, 3.05) is 25.1 Å². The molecule has 0 spiro atoms. The molecule has 0 saturated carbocycles. The maximum atomic E-state index is 12.6. The van der Waals surface area contributed by atoms with Gasteiger partial charge in [-0.15, -0.1) is 10.2 Å². The van der Waals surface area contributed by atoms with Crippen LogP contribution < -0.4 is 19.5 Å². The van der Waals surface area contributed by atoms with Crippen LogP contribution in [-0.4, -0.2) is 35.9 Å². The minimum Gasteiger partial charge on any atom is -0.490 e. The maximum absolute atomic E-state index is 12.6. The molecule has 0 aliphatic rings. The number of ether oxygens (including phenoxy) is 3. The van der Waals surface area contributed by atoms with Crippen molar-refractivity contribution in [2.24, 2.45) is 0 Å². The molecule has 9 heteroatoms. The molecular weight excluding hydrogens is 476 g/mol. The second-order valence-electron chi connectivity index (χ2n) is 7.88. The lowest BCUT2D eigenvalue weighted by Gasteiger charge is -2.13. The van der Waals surface area contributed by atoms with Crippen LogP contribution in [-0.2, 0) is 11.2 Å². The molecule has 1 aromatic heterocycles. The Morgan fingerprint density at radius 2 is 1.83 bits per heavy atom. The number of hydrogen-bond acceptors (Lipinski definition) is 8. The van der Waals surface area contributed by atoms with Gasteiger partial charge in [0, 0.05) is 6.42 Å². The summed E-state index contributed by atoms with van der Waals surface area (Å²) in [5, 5.41) is 21.5. The molecular formula is C27H30N4O4S. The Labute approximate surface area is 215 Å². The van der Waals surface area contributed by atoms with Crippen molar-refractivity contribution in [3.8, 4) is 23.3 Å². The molecule has 0 aliphatic carbocycles. The third kappa shape index (κ3) is 8.10. The van der Waals surface area contributed by atoms with E-state index < -0.39 is 5.91 Å². The maximum Gasteiger partial charge on any atom is 0.268 e. The second kappa shape index (κ2) is 13.9. The minimum atomic E-state index is -0.540. The van der Waals surface area contributed by atoms with Gasteiger partial charge in [-0.3, -0.25) is 10.1 Å². The van der Waals surface area contributed by atoms with Crippen molar-refractivity contribution in [1.29, 1.82) is 5.26 Å². The fourth-order valence-corrected chi connectivity index (χ4v) is 3.94. The minimum absolute atomic E-state index is 0.0528. The van der Waals surface area contributed by atoms with Gasteiger partial charge >= 0.3 is 0 Å². The monoisotopic (exact) mass is 506 g/mol. The topological polar surface area (TPSA) is 106 Å². The average Bonchev–Trinajstić information content (AvgIpc) is 3.33. The zero-order valence-electron chi connectivity index (χ0n) is 20.7. The van der Waals surface area contributed by atoms with E-state index in [9.17, 15) is 10.1 Å². The van der Waals surface area contributed by atoms with E-state index >= 15 is 0 Å². The summed E-state index contributed by atoms with van der Waals surface area (Å²) in [6.07, 6.45) is 4.38. The number of aryl methyl sites for hydroxylation is 2. The lowest BCUT2D eigenvalue weighted by atomic mass is 10.1. The van der Waals surface area contributed by atoms with Crippen LogP contribution >= 0.6 is 11.3 Å². The number of rotatable bonds is 13. The van der Waals surface area contributed by atoms with Crippen LogP contribution in [0.3, 0.4) is 0 Å². The molecule has 3 aromatic rings. The highest BCUT2D eigenvalue weighted by Gasteiger charge is 2.14. The van der Waals surface area contributed by atoms with Crippen LogP contribution in [0.5, 0.6) is 17.2 Å². The summed E-state index contributed by atoms with van der Waals surface area (Å²) in [4.78, 5) is 12.6. The number of aromatic nitrogens is 2. The van der Waals surface area contributed by atoms with Gasteiger partial charge < -0.3 is 14.2 Å². The first-order chi connectivity index (χ1) is 17.5. The van der Waals surface area contributed by atoms with Crippen molar-refractivity contribution < 1.29 is 19.0 Å². The number of anilines is 1. The molecule has 0 bridgehead atoms. The first-order valence-corrected chi connectivity index (χ1v) is 12.7. The van der Waals surface area contributed by atoms with Gasteiger partial charge in [-0.2, -0.15) is 5.26 Å². The number of carbonyl (C=O) groups excluding carboxylic acids is 1. The fourth-order valence-electron chi connectivity index (χ4n) is 3.16. The normalized spacial score (nSPS) is 11.0. The van der Waals surface area contributed by atoms with E-state index in [1.165, 1.54) is 23.0 Å². The molecule has 1 amide bonds. The highest BCUT2D eigenvalue weighted by atomic mass is 32.1. The summed E-state index contributed by atoms with van der Waals surface area (Å²) in [6, 6.07) is 15.0. The van der Waals surface area contributed by atoms with Crippen LogP contribution in [0.25, 0.3) is 6.08 Å². The molecule has 0 fully saturated rings. The Bertz CT molecular complexity index is 1220. The lowest BCUT2D eigenvalue weighted by Crippen LogP contribution is -2.13. The molecule has 0 saturated heterocycles. The first kappa shape index (κ1) is 26.7. The molecule has 0 atom stereocenters. The zero-order valence-corrected chi connectivity index (χ0v) is 21.6. The van der Waals surface area contributed by atoms with Crippen molar-refractivity contribution in [3.63, 3.8) is 0 Å². The zero-order chi connectivity index (χ0) is 25.8. The average molecular weight is 507 g/mol. The molecule has 8 nitrogen and oxygen atoms in total. The van der Waals surface area contributed by atoms with Crippen LogP contribution in [0.1, 0.15) is 42.8 Å². The third-order valence-corrected chi connectivity index (χ3v) is 5.90. The van der Waals surface area contributed by atoms with Gasteiger partial charge in [-0.1, -0.05) is 48.4 Å². The number of amides is 1. The predicted octanol–water partition coefficient (Wildman–Crippen LogP) is 5.59. The largest absolute Gasteiger partial charge is 0.490 e. The van der Waals surface area contributed by atoms with E-state index in [1.54, 1.807) is 18.2 Å². The van der Waals surface area contributed by atoms with Gasteiger partial charge in [0.25, 0.3) is 5.91 Å². The summed E-state index contributed by atoms with van der Waals surface area (Å²) >= 11 is 1.32. The van der Waals surface area contributed by atoms with Gasteiger partial charge in [0.1, 0.15) is 35.6 Å². The molecule has 0 aliphatic heterocycles.